The van der Waals surface area contributed by atoms with Crippen molar-refractivity contribution >= 4 is 0 Å². The van der Waals surface area contributed by atoms with Crippen LogP contribution in [-0.4, -0.2) is 21.4 Å². The first-order valence-corrected chi connectivity index (χ1v) is 4.38. The summed E-state index contributed by atoms with van der Waals surface area (Å²) >= 11 is 0. The molecule has 0 unspecified atom stereocenters. The van der Waals surface area contributed by atoms with Gasteiger partial charge in [-0.15, -0.1) is 0 Å². The van der Waals surface area contributed by atoms with E-state index in [2.05, 4.69) is 0 Å². The molecule has 1 atom stereocenters. The normalized spacial score (nSPS) is 21.2. The van der Waals surface area contributed by atoms with E-state index in [0.717, 1.165) is 11.1 Å². The second kappa shape index (κ2) is 2.92. The zero-order valence-electron chi connectivity index (χ0n) is 7.20. The van der Waals surface area contributed by atoms with Crippen LogP contribution in [0.5, 0.6) is 11.5 Å². The van der Waals surface area contributed by atoms with Gasteiger partial charge in [0.15, 0.2) is 0 Å². The Labute approximate surface area is 76.3 Å². The number of aromatic hydroxyl groups is 2. The SMILES string of the molecule is Oc1cc(O)c2c(c1)C[C@@H](O)CC2. The monoisotopic (exact) mass is 180 g/mol. The molecule has 1 aliphatic rings. The molecule has 0 heterocycles. The van der Waals surface area contributed by atoms with Crippen LogP contribution in [0.3, 0.4) is 0 Å². The summed E-state index contributed by atoms with van der Waals surface area (Å²) in [6.07, 6.45) is 1.55. The zero-order chi connectivity index (χ0) is 9.42. The minimum Gasteiger partial charge on any atom is -0.508 e. The number of benzene rings is 1. The summed E-state index contributed by atoms with van der Waals surface area (Å²) in [5.41, 5.74) is 1.72. The molecule has 70 valence electrons. The maximum absolute atomic E-state index is 9.48. The van der Waals surface area contributed by atoms with E-state index < -0.39 is 0 Å². The minimum absolute atomic E-state index is 0.0605. The largest absolute Gasteiger partial charge is 0.508 e. The topological polar surface area (TPSA) is 60.7 Å². The highest BCUT2D eigenvalue weighted by Gasteiger charge is 2.19. The number of rotatable bonds is 0. The van der Waals surface area contributed by atoms with Gasteiger partial charge in [-0.25, -0.2) is 0 Å². The summed E-state index contributed by atoms with van der Waals surface area (Å²) in [7, 11) is 0. The molecule has 0 radical (unpaired) electrons. The average Bonchev–Trinajstić information content (AvgIpc) is 2.02. The second-order valence-electron chi connectivity index (χ2n) is 3.50. The number of phenolic OH excluding ortho intramolecular Hbond substituents is 2. The molecule has 0 bridgehead atoms. The first kappa shape index (κ1) is 8.38. The predicted molar refractivity (Wildman–Crippen MR) is 47.8 cm³/mol. The third-order valence-corrected chi connectivity index (χ3v) is 2.49. The Balaban J connectivity index is 2.47. The molecular formula is C10H12O3. The molecular weight excluding hydrogens is 168 g/mol. The van der Waals surface area contributed by atoms with Gasteiger partial charge >= 0.3 is 0 Å². The predicted octanol–water partition coefficient (Wildman–Crippen LogP) is 0.947. The molecule has 13 heavy (non-hydrogen) atoms. The van der Waals surface area contributed by atoms with Crippen molar-refractivity contribution in [3.8, 4) is 11.5 Å². The van der Waals surface area contributed by atoms with Gasteiger partial charge < -0.3 is 15.3 Å². The van der Waals surface area contributed by atoms with Crippen LogP contribution in [-0.2, 0) is 12.8 Å². The molecule has 1 aliphatic carbocycles. The van der Waals surface area contributed by atoms with Crippen LogP contribution in [0.1, 0.15) is 17.5 Å². The fourth-order valence-corrected chi connectivity index (χ4v) is 1.84. The van der Waals surface area contributed by atoms with Crippen molar-refractivity contribution in [2.75, 3.05) is 0 Å². The lowest BCUT2D eigenvalue weighted by atomic mass is 9.89. The van der Waals surface area contributed by atoms with E-state index >= 15 is 0 Å². The van der Waals surface area contributed by atoms with E-state index in [1.165, 1.54) is 6.07 Å². The van der Waals surface area contributed by atoms with Crippen LogP contribution in [0.25, 0.3) is 0 Å². The molecule has 3 nitrogen and oxygen atoms in total. The van der Waals surface area contributed by atoms with Crippen LogP contribution in [0.2, 0.25) is 0 Å². The lowest BCUT2D eigenvalue weighted by Gasteiger charge is -2.21. The maximum Gasteiger partial charge on any atom is 0.122 e. The Morgan fingerprint density at radius 3 is 2.77 bits per heavy atom. The molecule has 0 aliphatic heterocycles. The molecule has 0 spiro atoms. The highest BCUT2D eigenvalue weighted by atomic mass is 16.3. The third kappa shape index (κ3) is 1.47. The minimum atomic E-state index is -0.339. The maximum atomic E-state index is 9.48. The van der Waals surface area contributed by atoms with Crippen molar-refractivity contribution < 1.29 is 15.3 Å². The Morgan fingerprint density at radius 2 is 2.00 bits per heavy atom. The highest BCUT2D eigenvalue weighted by molar-refractivity contribution is 5.46. The summed E-state index contributed by atoms with van der Waals surface area (Å²) in [4.78, 5) is 0. The molecule has 0 fully saturated rings. The van der Waals surface area contributed by atoms with Gasteiger partial charge in [-0.05, 0) is 36.5 Å². The summed E-state index contributed by atoms with van der Waals surface area (Å²) in [5, 5.41) is 28.1. The van der Waals surface area contributed by atoms with Crippen molar-refractivity contribution in [2.24, 2.45) is 0 Å². The standard InChI is InChI=1S/C10H12O3/c11-7-1-2-9-6(3-7)4-8(12)5-10(9)13/h4-5,7,11-13H,1-3H2/t7-/m0/s1. The van der Waals surface area contributed by atoms with Crippen molar-refractivity contribution in [1.29, 1.82) is 0 Å². The Bertz CT molecular complexity index is 333. The van der Waals surface area contributed by atoms with Gasteiger partial charge in [0.25, 0.3) is 0 Å². The molecule has 2 rings (SSSR count). The van der Waals surface area contributed by atoms with Crippen molar-refractivity contribution in [2.45, 2.75) is 25.4 Å². The van der Waals surface area contributed by atoms with Crippen LogP contribution >= 0.6 is 0 Å². The van der Waals surface area contributed by atoms with Gasteiger partial charge in [0.2, 0.25) is 0 Å². The molecule has 1 aromatic carbocycles. The first-order chi connectivity index (χ1) is 6.16. The molecule has 1 aromatic rings. The van der Waals surface area contributed by atoms with Crippen molar-refractivity contribution in [1.82, 2.24) is 0 Å². The highest BCUT2D eigenvalue weighted by Crippen LogP contribution is 2.32. The number of hydrogen-bond donors (Lipinski definition) is 3. The van der Waals surface area contributed by atoms with Crippen molar-refractivity contribution in [3.05, 3.63) is 23.3 Å². The number of aliphatic hydroxyl groups excluding tert-OH is 1. The Hall–Kier alpha value is -1.22. The molecule has 0 amide bonds. The summed E-state index contributed by atoms with van der Waals surface area (Å²) < 4.78 is 0. The van der Waals surface area contributed by atoms with Crippen molar-refractivity contribution in [3.63, 3.8) is 0 Å². The lowest BCUT2D eigenvalue weighted by Crippen LogP contribution is -2.18. The van der Waals surface area contributed by atoms with Crippen LogP contribution < -0.4 is 0 Å². The molecule has 3 N–H and O–H groups in total. The van der Waals surface area contributed by atoms with E-state index in [0.29, 0.717) is 19.3 Å². The molecule has 0 aromatic heterocycles. The van der Waals surface area contributed by atoms with E-state index in [4.69, 9.17) is 0 Å². The molecule has 0 saturated carbocycles. The quantitative estimate of drug-likeness (QED) is 0.557. The van der Waals surface area contributed by atoms with Gasteiger partial charge in [-0.3, -0.25) is 0 Å². The summed E-state index contributed by atoms with van der Waals surface area (Å²) in [5.74, 6) is 0.201. The first-order valence-electron chi connectivity index (χ1n) is 4.38. The summed E-state index contributed by atoms with van der Waals surface area (Å²) in [6.45, 7) is 0. The fourth-order valence-electron chi connectivity index (χ4n) is 1.84. The zero-order valence-corrected chi connectivity index (χ0v) is 7.20. The second-order valence-corrected chi connectivity index (χ2v) is 3.50. The summed E-state index contributed by atoms with van der Waals surface area (Å²) in [6, 6.07) is 2.95. The molecule has 0 saturated heterocycles. The van der Waals surface area contributed by atoms with Gasteiger partial charge in [0, 0.05) is 6.07 Å². The van der Waals surface area contributed by atoms with Crippen LogP contribution in [0, 0.1) is 0 Å². The van der Waals surface area contributed by atoms with Gasteiger partial charge in [-0.1, -0.05) is 0 Å². The number of aliphatic hydroxyl groups is 1. The fraction of sp³-hybridized carbons (Fsp3) is 0.400. The average molecular weight is 180 g/mol. The lowest BCUT2D eigenvalue weighted by molar-refractivity contribution is 0.158. The van der Waals surface area contributed by atoms with Gasteiger partial charge in [0.05, 0.1) is 6.10 Å². The van der Waals surface area contributed by atoms with E-state index in [1.807, 2.05) is 0 Å². The van der Waals surface area contributed by atoms with Crippen LogP contribution in [0.15, 0.2) is 12.1 Å². The number of hydrogen-bond acceptors (Lipinski definition) is 3. The Kier molecular flexibility index (Phi) is 1.88. The number of fused-ring (bicyclic) bond motifs is 1. The van der Waals surface area contributed by atoms with Gasteiger partial charge in [0.1, 0.15) is 11.5 Å². The smallest absolute Gasteiger partial charge is 0.122 e. The van der Waals surface area contributed by atoms with E-state index in [9.17, 15) is 15.3 Å². The van der Waals surface area contributed by atoms with Gasteiger partial charge in [-0.2, -0.15) is 0 Å². The van der Waals surface area contributed by atoms with Crippen LogP contribution in [0.4, 0.5) is 0 Å². The molecule has 3 heteroatoms. The Morgan fingerprint density at radius 1 is 1.23 bits per heavy atom. The van der Waals surface area contributed by atoms with E-state index in [1.54, 1.807) is 6.07 Å². The number of phenols is 2. The third-order valence-electron chi connectivity index (χ3n) is 2.49. The van der Waals surface area contributed by atoms with E-state index in [-0.39, 0.29) is 17.6 Å².